The zero-order valence-corrected chi connectivity index (χ0v) is 13.6. The number of thiocarbonyl (C=S) groups is 1. The van der Waals surface area contributed by atoms with E-state index < -0.39 is 12.0 Å². The lowest BCUT2D eigenvalue weighted by molar-refractivity contribution is -0.144. The molecular weight excluding hydrogens is 362 g/mol. The van der Waals surface area contributed by atoms with Crippen molar-refractivity contribution in [2.24, 2.45) is 0 Å². The van der Waals surface area contributed by atoms with Crippen molar-refractivity contribution in [1.82, 2.24) is 4.90 Å². The van der Waals surface area contributed by atoms with Crippen LogP contribution in [0.4, 0.5) is 0 Å². The molecule has 0 radical (unpaired) electrons. The summed E-state index contributed by atoms with van der Waals surface area (Å²) in [6.07, 6.45) is 1.71. The highest BCUT2D eigenvalue weighted by atomic mass is 79.9. The average molecular weight is 372 g/mol. The Morgan fingerprint density at radius 1 is 1.45 bits per heavy atom. The van der Waals surface area contributed by atoms with Crippen molar-refractivity contribution in [3.05, 3.63) is 39.2 Å². The highest BCUT2D eigenvalue weighted by Gasteiger charge is 2.38. The first-order valence-electron chi connectivity index (χ1n) is 5.65. The molecule has 0 unspecified atom stereocenters. The molecule has 1 aromatic rings. The van der Waals surface area contributed by atoms with Gasteiger partial charge in [0.25, 0.3) is 5.91 Å². The van der Waals surface area contributed by atoms with Crippen LogP contribution in [0.2, 0.25) is 0 Å². The number of benzene rings is 1. The van der Waals surface area contributed by atoms with Crippen molar-refractivity contribution in [2.75, 3.05) is 0 Å². The van der Waals surface area contributed by atoms with Crippen LogP contribution >= 0.6 is 39.9 Å². The Balaban J connectivity index is 2.28. The minimum atomic E-state index is -1.08. The SMILES string of the molecule is C[C@@H](C(=O)O)N1C(=O)C(=Cc2ccc(Br)cc2)SC1=S. The first-order chi connectivity index (χ1) is 9.40. The van der Waals surface area contributed by atoms with Gasteiger partial charge in [0.15, 0.2) is 0 Å². The number of nitrogens with zero attached hydrogens (tertiary/aromatic N) is 1. The normalized spacial score (nSPS) is 18.7. The van der Waals surface area contributed by atoms with Gasteiger partial charge in [-0.25, -0.2) is 4.79 Å². The molecule has 0 spiro atoms. The van der Waals surface area contributed by atoms with Crippen molar-refractivity contribution in [3.63, 3.8) is 0 Å². The second-order valence-corrected chi connectivity index (χ2v) is 6.71. The third-order valence-electron chi connectivity index (χ3n) is 2.74. The maximum absolute atomic E-state index is 12.2. The van der Waals surface area contributed by atoms with Gasteiger partial charge in [-0.2, -0.15) is 0 Å². The molecule has 7 heteroatoms. The minimum Gasteiger partial charge on any atom is -0.480 e. The summed E-state index contributed by atoms with van der Waals surface area (Å²) in [5.74, 6) is -1.44. The lowest BCUT2D eigenvalue weighted by Gasteiger charge is -2.18. The summed E-state index contributed by atoms with van der Waals surface area (Å²) in [7, 11) is 0. The Kier molecular flexibility index (Phi) is 4.62. The number of carboxylic acid groups (broad SMARTS) is 1. The van der Waals surface area contributed by atoms with Gasteiger partial charge in [-0.1, -0.05) is 52.0 Å². The predicted octanol–water partition coefficient (Wildman–Crippen LogP) is 3.12. The van der Waals surface area contributed by atoms with E-state index in [1.165, 1.54) is 6.92 Å². The molecule has 1 aromatic carbocycles. The lowest BCUT2D eigenvalue weighted by atomic mass is 10.2. The Morgan fingerprint density at radius 2 is 2.05 bits per heavy atom. The lowest BCUT2D eigenvalue weighted by Crippen LogP contribution is -2.41. The van der Waals surface area contributed by atoms with Gasteiger partial charge in [-0.15, -0.1) is 0 Å². The van der Waals surface area contributed by atoms with Crippen molar-refractivity contribution in [3.8, 4) is 0 Å². The molecule has 1 fully saturated rings. The third-order valence-corrected chi connectivity index (χ3v) is 4.60. The molecule has 1 aliphatic heterocycles. The topological polar surface area (TPSA) is 57.6 Å². The molecule has 0 bridgehead atoms. The van der Waals surface area contributed by atoms with E-state index in [1.54, 1.807) is 6.08 Å². The molecule has 2 rings (SSSR count). The Bertz CT molecular complexity index is 613. The molecule has 104 valence electrons. The van der Waals surface area contributed by atoms with E-state index in [4.69, 9.17) is 17.3 Å². The summed E-state index contributed by atoms with van der Waals surface area (Å²) >= 11 is 9.54. The number of aliphatic carboxylic acids is 1. The van der Waals surface area contributed by atoms with E-state index in [9.17, 15) is 9.59 Å². The molecule has 0 aliphatic carbocycles. The van der Waals surface area contributed by atoms with Gasteiger partial charge in [-0.3, -0.25) is 9.69 Å². The van der Waals surface area contributed by atoms with E-state index in [0.717, 1.165) is 26.7 Å². The smallest absolute Gasteiger partial charge is 0.326 e. The van der Waals surface area contributed by atoms with Crippen LogP contribution in [0.1, 0.15) is 12.5 Å². The van der Waals surface area contributed by atoms with E-state index in [-0.39, 0.29) is 10.2 Å². The maximum atomic E-state index is 12.2. The first-order valence-corrected chi connectivity index (χ1v) is 7.67. The largest absolute Gasteiger partial charge is 0.480 e. The van der Waals surface area contributed by atoms with Gasteiger partial charge in [0.05, 0.1) is 4.91 Å². The number of carboxylic acids is 1. The summed E-state index contributed by atoms with van der Waals surface area (Å²) in [5.41, 5.74) is 0.858. The van der Waals surface area contributed by atoms with Crippen LogP contribution < -0.4 is 0 Å². The van der Waals surface area contributed by atoms with E-state index >= 15 is 0 Å². The Morgan fingerprint density at radius 3 is 2.60 bits per heavy atom. The average Bonchev–Trinajstić information content (AvgIpc) is 2.66. The Labute approximate surface area is 134 Å². The van der Waals surface area contributed by atoms with Crippen molar-refractivity contribution in [1.29, 1.82) is 0 Å². The van der Waals surface area contributed by atoms with Crippen LogP contribution in [-0.2, 0) is 9.59 Å². The van der Waals surface area contributed by atoms with Crippen LogP contribution in [0.25, 0.3) is 6.08 Å². The molecule has 4 nitrogen and oxygen atoms in total. The highest BCUT2D eigenvalue weighted by Crippen LogP contribution is 2.34. The summed E-state index contributed by atoms with van der Waals surface area (Å²) in [6.45, 7) is 1.44. The van der Waals surface area contributed by atoms with E-state index in [1.807, 2.05) is 24.3 Å². The van der Waals surface area contributed by atoms with Gasteiger partial charge in [-0.05, 0) is 30.7 Å². The fourth-order valence-electron chi connectivity index (χ4n) is 1.63. The fourth-order valence-corrected chi connectivity index (χ4v) is 3.32. The van der Waals surface area contributed by atoms with Crippen LogP contribution in [0.3, 0.4) is 0 Å². The van der Waals surface area contributed by atoms with E-state index in [0.29, 0.717) is 4.91 Å². The summed E-state index contributed by atoms with van der Waals surface area (Å²) < 4.78 is 1.22. The van der Waals surface area contributed by atoms with Gasteiger partial charge in [0.1, 0.15) is 10.4 Å². The number of carbonyl (C=O) groups excluding carboxylic acids is 1. The van der Waals surface area contributed by atoms with Crippen LogP contribution in [0.15, 0.2) is 33.6 Å². The maximum Gasteiger partial charge on any atom is 0.326 e. The predicted molar refractivity (Wildman–Crippen MR) is 86.3 cm³/mol. The van der Waals surface area contributed by atoms with E-state index in [2.05, 4.69) is 15.9 Å². The molecule has 1 atom stereocenters. The molecule has 0 aromatic heterocycles. The van der Waals surface area contributed by atoms with Crippen LogP contribution in [0.5, 0.6) is 0 Å². The zero-order valence-electron chi connectivity index (χ0n) is 10.4. The molecule has 1 aliphatic rings. The highest BCUT2D eigenvalue weighted by molar-refractivity contribution is 9.10. The molecule has 0 saturated carbocycles. The molecule has 1 N–H and O–H groups in total. The molecule has 1 saturated heterocycles. The van der Waals surface area contributed by atoms with Crippen molar-refractivity contribution >= 4 is 62.2 Å². The minimum absolute atomic E-state index is 0.272. The number of carbonyl (C=O) groups is 2. The van der Waals surface area contributed by atoms with Crippen molar-refractivity contribution in [2.45, 2.75) is 13.0 Å². The van der Waals surface area contributed by atoms with Crippen LogP contribution in [0, 0.1) is 0 Å². The number of thioether (sulfide) groups is 1. The second-order valence-electron chi connectivity index (χ2n) is 4.12. The van der Waals surface area contributed by atoms with Gasteiger partial charge in [0, 0.05) is 4.47 Å². The number of amides is 1. The molecule has 20 heavy (non-hydrogen) atoms. The van der Waals surface area contributed by atoms with Gasteiger partial charge in [0.2, 0.25) is 0 Å². The monoisotopic (exact) mass is 371 g/mol. The standard InChI is InChI=1S/C13H10BrNO3S2/c1-7(12(17)18)15-11(16)10(20-13(15)19)6-8-2-4-9(14)5-3-8/h2-7H,1H3,(H,17,18)/t7-/m0/s1. The summed E-state index contributed by atoms with van der Waals surface area (Å²) in [4.78, 5) is 24.8. The Hall–Kier alpha value is -1.18. The van der Waals surface area contributed by atoms with Crippen molar-refractivity contribution < 1.29 is 14.7 Å². The third kappa shape index (κ3) is 3.11. The quantitative estimate of drug-likeness (QED) is 0.653. The fraction of sp³-hybridized carbons (Fsp3) is 0.154. The zero-order chi connectivity index (χ0) is 14.9. The van der Waals surface area contributed by atoms with Gasteiger partial charge < -0.3 is 5.11 Å². The first kappa shape index (κ1) is 15.2. The van der Waals surface area contributed by atoms with Gasteiger partial charge >= 0.3 is 5.97 Å². The number of hydrogen-bond donors (Lipinski definition) is 1. The molecule has 1 heterocycles. The number of halogens is 1. The second kappa shape index (κ2) is 6.07. The molecular formula is C13H10BrNO3S2. The number of rotatable bonds is 3. The summed E-state index contributed by atoms with van der Waals surface area (Å²) in [6, 6.07) is 6.49. The number of hydrogen-bond acceptors (Lipinski definition) is 4. The summed E-state index contributed by atoms with van der Waals surface area (Å²) in [5, 5.41) is 9.00. The molecule has 1 amide bonds. The van der Waals surface area contributed by atoms with Crippen LogP contribution in [-0.4, -0.2) is 32.2 Å².